The average molecular weight is 292 g/mol. The van der Waals surface area contributed by atoms with E-state index in [1.54, 1.807) is 0 Å². The summed E-state index contributed by atoms with van der Waals surface area (Å²) in [6, 6.07) is 1.07. The van der Waals surface area contributed by atoms with Crippen molar-refractivity contribution in [1.29, 1.82) is 5.26 Å². The van der Waals surface area contributed by atoms with Crippen molar-refractivity contribution >= 4 is 30.5 Å². The van der Waals surface area contributed by atoms with E-state index < -0.39 is 33.6 Å². The van der Waals surface area contributed by atoms with E-state index in [2.05, 4.69) is 22.1 Å². The lowest BCUT2D eigenvalue weighted by Gasteiger charge is -2.19. The van der Waals surface area contributed by atoms with Crippen LogP contribution in [0.2, 0.25) is 0 Å². The van der Waals surface area contributed by atoms with E-state index in [9.17, 15) is 24.5 Å². The number of rotatable bonds is 4. The molecule has 2 unspecified atom stereocenters. The third kappa shape index (κ3) is 3.88. The van der Waals surface area contributed by atoms with Gasteiger partial charge in [0.15, 0.2) is 0 Å². The Balaban J connectivity index is 5.07. The first kappa shape index (κ1) is 16.8. The Morgan fingerprint density at radius 3 is 2.16 bits per heavy atom. The molecular weight excluding hydrogens is 284 g/mol. The fraction of sp³-hybridized carbons (Fsp3) is 0.429. The van der Waals surface area contributed by atoms with Crippen LogP contribution in [0.4, 0.5) is 0 Å². The Bertz CT molecular complexity index is 484. The molecule has 0 spiro atoms. The van der Waals surface area contributed by atoms with Crippen molar-refractivity contribution in [2.75, 3.05) is 0 Å². The molecule has 104 valence electrons. The molecule has 0 saturated heterocycles. The van der Waals surface area contributed by atoms with Gasteiger partial charge in [0.05, 0.1) is 4.92 Å². The zero-order valence-corrected chi connectivity index (χ0v) is 10.2. The van der Waals surface area contributed by atoms with Crippen LogP contribution in [0.1, 0.15) is 6.92 Å². The minimum atomic E-state index is -3.03. The summed E-state index contributed by atoms with van der Waals surface area (Å²) in [6.07, 6.45) is 0. The molecule has 0 radical (unpaired) electrons. The number of hydrogen-bond donors (Lipinski definition) is 3. The van der Waals surface area contributed by atoms with Crippen LogP contribution in [0.15, 0.2) is 0 Å². The molecule has 4 N–H and O–H groups in total. The van der Waals surface area contributed by atoms with Gasteiger partial charge in [-0.3, -0.25) is 20.6 Å². The first-order chi connectivity index (χ1) is 8.47. The number of nitrogens with zero attached hydrogens (tertiary/aromatic N) is 2. The molecule has 0 aromatic heterocycles. The standard InChI is InChI=1S/C7H8N4O7S/c1-3(12)18-6(9,2-8)4(13)17-5(14)7(10,19)11(15)16/h19H,9-10H2,1H3. The Morgan fingerprint density at radius 2 is 1.84 bits per heavy atom. The highest BCUT2D eigenvalue weighted by atomic mass is 32.1. The smallest absolute Gasteiger partial charge is 0.419 e. The number of ether oxygens (including phenoxy) is 2. The average Bonchev–Trinajstić information content (AvgIpc) is 2.27. The summed E-state index contributed by atoms with van der Waals surface area (Å²) < 4.78 is 8.03. The third-order valence-corrected chi connectivity index (χ3v) is 1.88. The van der Waals surface area contributed by atoms with Crippen molar-refractivity contribution in [3.63, 3.8) is 0 Å². The number of nitrogens with two attached hydrogens (primary N) is 2. The van der Waals surface area contributed by atoms with Crippen LogP contribution in [0.5, 0.6) is 0 Å². The highest BCUT2D eigenvalue weighted by molar-refractivity contribution is 7.82. The zero-order valence-electron chi connectivity index (χ0n) is 9.35. The predicted octanol–water partition coefficient (Wildman–Crippen LogP) is -2.38. The summed E-state index contributed by atoms with van der Waals surface area (Å²) in [5, 5.41) is 18.9. The van der Waals surface area contributed by atoms with Gasteiger partial charge < -0.3 is 9.47 Å². The van der Waals surface area contributed by atoms with E-state index >= 15 is 0 Å². The SMILES string of the molecule is CC(=O)OC(N)(C#N)C(=O)OC(=O)C(N)(S)[N+](=O)[O-]. The fourth-order valence-corrected chi connectivity index (χ4v) is 0.692. The Hall–Kier alpha value is -2.23. The van der Waals surface area contributed by atoms with Crippen LogP contribution >= 0.6 is 12.6 Å². The van der Waals surface area contributed by atoms with Crippen LogP contribution in [0.3, 0.4) is 0 Å². The molecule has 0 aliphatic rings. The molecule has 0 aliphatic heterocycles. The van der Waals surface area contributed by atoms with Crippen LogP contribution in [0.25, 0.3) is 0 Å². The summed E-state index contributed by atoms with van der Waals surface area (Å²) in [7, 11) is 0. The van der Waals surface area contributed by atoms with Crippen molar-refractivity contribution in [2.45, 2.75) is 17.6 Å². The van der Waals surface area contributed by atoms with Gasteiger partial charge in [0.2, 0.25) is 0 Å². The number of nitriles is 1. The highest BCUT2D eigenvalue weighted by Crippen LogP contribution is 2.13. The first-order valence-corrected chi connectivity index (χ1v) is 4.74. The number of nitro groups is 1. The van der Waals surface area contributed by atoms with Crippen LogP contribution in [0, 0.1) is 21.4 Å². The first-order valence-electron chi connectivity index (χ1n) is 4.29. The summed E-state index contributed by atoms with van der Waals surface area (Å²) in [5.41, 5.74) is 6.96. The maximum Gasteiger partial charge on any atom is 0.420 e. The molecule has 0 rings (SSSR count). The van der Waals surface area contributed by atoms with E-state index in [0.29, 0.717) is 0 Å². The lowest BCUT2D eigenvalue weighted by atomic mass is 10.3. The van der Waals surface area contributed by atoms with E-state index in [1.165, 1.54) is 0 Å². The molecule has 0 amide bonds. The molecular formula is C7H8N4O7S. The number of hydrogen-bond acceptors (Lipinski definition) is 11. The highest BCUT2D eigenvalue weighted by Gasteiger charge is 2.50. The largest absolute Gasteiger partial charge is 0.420 e. The van der Waals surface area contributed by atoms with Crippen LogP contribution in [-0.2, 0) is 23.9 Å². The maximum absolute atomic E-state index is 11.3. The summed E-state index contributed by atoms with van der Waals surface area (Å²) >= 11 is 3.17. The van der Waals surface area contributed by atoms with Crippen LogP contribution in [-0.4, -0.2) is 33.6 Å². The lowest BCUT2D eigenvalue weighted by Crippen LogP contribution is -2.56. The van der Waals surface area contributed by atoms with Gasteiger partial charge in [-0.2, -0.15) is 5.26 Å². The molecule has 0 heterocycles. The van der Waals surface area contributed by atoms with Gasteiger partial charge in [-0.15, -0.1) is 0 Å². The second-order valence-corrected chi connectivity index (χ2v) is 3.78. The minimum Gasteiger partial charge on any atom is -0.419 e. The van der Waals surface area contributed by atoms with Crippen molar-refractivity contribution < 1.29 is 28.8 Å². The van der Waals surface area contributed by atoms with Crippen molar-refractivity contribution in [2.24, 2.45) is 11.5 Å². The second-order valence-electron chi connectivity index (χ2n) is 3.10. The maximum atomic E-state index is 11.3. The van der Waals surface area contributed by atoms with Crippen LogP contribution < -0.4 is 11.5 Å². The fourth-order valence-electron chi connectivity index (χ4n) is 0.646. The van der Waals surface area contributed by atoms with E-state index in [-0.39, 0.29) is 0 Å². The van der Waals surface area contributed by atoms with Gasteiger partial charge in [0.1, 0.15) is 6.07 Å². The van der Waals surface area contributed by atoms with E-state index in [1.807, 2.05) is 0 Å². The zero-order chi connectivity index (χ0) is 15.4. The van der Waals surface area contributed by atoms with Gasteiger partial charge >= 0.3 is 28.6 Å². The number of carbonyl (C=O) groups is 3. The molecule has 0 saturated carbocycles. The Morgan fingerprint density at radius 1 is 1.37 bits per heavy atom. The van der Waals surface area contributed by atoms with Gasteiger partial charge in [0.25, 0.3) is 0 Å². The van der Waals surface area contributed by atoms with Gasteiger partial charge in [-0.1, -0.05) is 12.6 Å². The molecule has 0 fully saturated rings. The topological polar surface area (TPSA) is 189 Å². The number of esters is 3. The summed E-state index contributed by atoms with van der Waals surface area (Å²) in [6.45, 7) is 0.830. The molecule has 0 aromatic rings. The van der Waals surface area contributed by atoms with Crippen molar-refractivity contribution in [3.8, 4) is 6.07 Å². The van der Waals surface area contributed by atoms with Gasteiger partial charge in [-0.05, 0) is 0 Å². The predicted molar refractivity (Wildman–Crippen MR) is 58.3 cm³/mol. The number of carbonyl (C=O) groups excluding carboxylic acids is 3. The quantitative estimate of drug-likeness (QED) is 0.126. The minimum absolute atomic E-state index is 0.830. The summed E-state index contributed by atoms with van der Waals surface area (Å²) in [5.74, 6) is -4.86. The van der Waals surface area contributed by atoms with Gasteiger partial charge in [0, 0.05) is 6.92 Å². The van der Waals surface area contributed by atoms with Gasteiger partial charge in [-0.25, -0.2) is 15.3 Å². The second kappa shape index (κ2) is 5.61. The van der Waals surface area contributed by atoms with E-state index in [4.69, 9.17) is 16.7 Å². The molecule has 19 heavy (non-hydrogen) atoms. The monoisotopic (exact) mass is 292 g/mol. The molecule has 0 bridgehead atoms. The molecule has 0 aliphatic carbocycles. The lowest BCUT2D eigenvalue weighted by molar-refractivity contribution is -0.523. The Labute approximate surface area is 111 Å². The molecule has 0 aromatic carbocycles. The van der Waals surface area contributed by atoms with Crippen molar-refractivity contribution in [3.05, 3.63) is 10.1 Å². The third-order valence-electron chi connectivity index (χ3n) is 1.54. The normalized spacial score (nSPS) is 16.2. The Kier molecular flexibility index (Phi) is 4.95. The molecule has 11 nitrogen and oxygen atoms in total. The molecule has 2 atom stereocenters. The van der Waals surface area contributed by atoms with Crippen molar-refractivity contribution in [1.82, 2.24) is 0 Å². The molecule has 12 heteroatoms. The number of thiol groups is 1. The summed E-state index contributed by atoms with van der Waals surface area (Å²) in [4.78, 5) is 39.1. The van der Waals surface area contributed by atoms with E-state index in [0.717, 1.165) is 13.0 Å².